The quantitative estimate of drug-likeness (QED) is 0.884. The molecule has 0 spiro atoms. The molecule has 2 atom stereocenters. The lowest BCUT2D eigenvalue weighted by molar-refractivity contribution is -0.129. The molecule has 2 rings (SSSR count). The monoisotopic (exact) mass is 342 g/mol. The van der Waals surface area contributed by atoms with Gasteiger partial charge in [-0.15, -0.1) is 0 Å². The van der Waals surface area contributed by atoms with Crippen molar-refractivity contribution in [1.29, 1.82) is 0 Å². The summed E-state index contributed by atoms with van der Waals surface area (Å²) in [6.45, 7) is 1.04. The number of nitrogens with two attached hydrogens (primary N) is 1. The summed E-state index contributed by atoms with van der Waals surface area (Å²) >= 11 is 3.53. The lowest BCUT2D eigenvalue weighted by Gasteiger charge is -2.28. The summed E-state index contributed by atoms with van der Waals surface area (Å²) in [4.78, 5) is 13.9. The zero-order chi connectivity index (χ0) is 14.7. The summed E-state index contributed by atoms with van der Waals surface area (Å²) < 4.78 is 11.3. The second-order valence-electron chi connectivity index (χ2n) is 4.78. The summed E-state index contributed by atoms with van der Waals surface area (Å²) in [7, 11) is 3.24. The molecule has 0 aliphatic carbocycles. The van der Waals surface area contributed by atoms with E-state index in [-0.39, 0.29) is 18.0 Å². The number of halogens is 1. The number of nitrogens with zero attached hydrogens (tertiary/aromatic N) is 1. The Bertz CT molecular complexity index is 495. The summed E-state index contributed by atoms with van der Waals surface area (Å²) in [5, 5.41) is 0. The van der Waals surface area contributed by atoms with Crippen LogP contribution in [0.5, 0.6) is 5.75 Å². The van der Waals surface area contributed by atoms with Crippen molar-refractivity contribution in [2.24, 2.45) is 5.73 Å². The average molecular weight is 343 g/mol. The molecule has 0 saturated carbocycles. The minimum absolute atomic E-state index is 0.0641. The molecule has 110 valence electrons. The zero-order valence-electron chi connectivity index (χ0n) is 11.6. The highest BCUT2D eigenvalue weighted by molar-refractivity contribution is 9.10. The third kappa shape index (κ3) is 2.97. The van der Waals surface area contributed by atoms with E-state index >= 15 is 0 Å². The molecule has 1 fully saturated rings. The average Bonchev–Trinajstić information content (AvgIpc) is 2.71. The van der Waals surface area contributed by atoms with Crippen LogP contribution in [0.2, 0.25) is 0 Å². The first-order valence-corrected chi connectivity index (χ1v) is 7.25. The minimum atomic E-state index is -0.220. The molecule has 2 N–H and O–H groups in total. The van der Waals surface area contributed by atoms with Gasteiger partial charge in [-0.1, -0.05) is 15.9 Å². The Kier molecular flexibility index (Phi) is 5.01. The fraction of sp³-hybridized carbons (Fsp3) is 0.500. The number of ether oxygens (including phenoxy) is 2. The molecule has 0 aromatic heterocycles. The van der Waals surface area contributed by atoms with E-state index in [9.17, 15) is 4.79 Å². The number of likely N-dealkylation sites (tertiary alicyclic amines) is 1. The first kappa shape index (κ1) is 15.3. The predicted molar refractivity (Wildman–Crippen MR) is 79.6 cm³/mol. The van der Waals surface area contributed by atoms with Gasteiger partial charge in [0.2, 0.25) is 5.91 Å². The van der Waals surface area contributed by atoms with E-state index in [1.54, 1.807) is 19.1 Å². The van der Waals surface area contributed by atoms with Crippen molar-refractivity contribution in [3.63, 3.8) is 0 Å². The van der Waals surface area contributed by atoms with Crippen LogP contribution in [0.3, 0.4) is 0 Å². The predicted octanol–water partition coefficient (Wildman–Crippen LogP) is 1.70. The third-order valence-corrected chi connectivity index (χ3v) is 4.25. The summed E-state index contributed by atoms with van der Waals surface area (Å²) in [6, 6.07) is 5.34. The van der Waals surface area contributed by atoms with Gasteiger partial charge in [0.05, 0.1) is 19.8 Å². The molecule has 20 heavy (non-hydrogen) atoms. The molecule has 1 heterocycles. The van der Waals surface area contributed by atoms with Crippen LogP contribution >= 0.6 is 15.9 Å². The van der Waals surface area contributed by atoms with Crippen LogP contribution in [0, 0.1) is 0 Å². The van der Waals surface area contributed by atoms with E-state index in [1.807, 2.05) is 18.2 Å². The van der Waals surface area contributed by atoms with Crippen LogP contribution in [-0.4, -0.2) is 44.2 Å². The van der Waals surface area contributed by atoms with Crippen molar-refractivity contribution >= 4 is 21.8 Å². The first-order valence-electron chi connectivity index (χ1n) is 6.46. The van der Waals surface area contributed by atoms with Gasteiger partial charge in [-0.25, -0.2) is 0 Å². The van der Waals surface area contributed by atoms with Gasteiger partial charge in [0.25, 0.3) is 0 Å². The molecule has 5 nitrogen and oxygen atoms in total. The second-order valence-corrected chi connectivity index (χ2v) is 5.63. The van der Waals surface area contributed by atoms with Gasteiger partial charge in [0.1, 0.15) is 5.75 Å². The Balaban J connectivity index is 2.34. The van der Waals surface area contributed by atoms with E-state index in [0.29, 0.717) is 19.6 Å². The van der Waals surface area contributed by atoms with Crippen LogP contribution in [0.15, 0.2) is 22.7 Å². The molecular weight excluding hydrogens is 324 g/mol. The Labute approximate surface area is 127 Å². The number of carbonyl (C=O) groups is 1. The smallest absolute Gasteiger partial charge is 0.224 e. The lowest BCUT2D eigenvalue weighted by atomic mass is 10.0. The Morgan fingerprint density at radius 3 is 2.85 bits per heavy atom. The molecule has 0 radical (unpaired) electrons. The van der Waals surface area contributed by atoms with E-state index in [0.717, 1.165) is 15.8 Å². The van der Waals surface area contributed by atoms with Gasteiger partial charge in [-0.05, 0) is 23.8 Å². The van der Waals surface area contributed by atoms with Gasteiger partial charge in [-0.3, -0.25) is 4.79 Å². The number of carbonyl (C=O) groups excluding carboxylic acids is 1. The highest BCUT2D eigenvalue weighted by Crippen LogP contribution is 2.37. The number of rotatable bonds is 5. The number of hydrogen-bond donors (Lipinski definition) is 1. The fourth-order valence-electron chi connectivity index (χ4n) is 2.54. The molecule has 1 amide bonds. The summed E-state index contributed by atoms with van der Waals surface area (Å²) in [5.74, 6) is 0.815. The van der Waals surface area contributed by atoms with E-state index < -0.39 is 0 Å². The molecule has 1 aliphatic heterocycles. The summed E-state index contributed by atoms with van der Waals surface area (Å²) in [6.07, 6.45) is 0.359. The van der Waals surface area contributed by atoms with Crippen LogP contribution in [-0.2, 0) is 9.53 Å². The van der Waals surface area contributed by atoms with E-state index in [4.69, 9.17) is 15.2 Å². The molecule has 1 saturated heterocycles. The van der Waals surface area contributed by atoms with Gasteiger partial charge in [0.15, 0.2) is 0 Å². The van der Waals surface area contributed by atoms with E-state index in [2.05, 4.69) is 15.9 Å². The van der Waals surface area contributed by atoms with Crippen LogP contribution in [0.1, 0.15) is 18.0 Å². The third-order valence-electron chi connectivity index (χ3n) is 3.53. The highest BCUT2D eigenvalue weighted by Gasteiger charge is 2.39. The second kappa shape index (κ2) is 6.56. The Hall–Kier alpha value is -1.11. The van der Waals surface area contributed by atoms with Crippen LogP contribution < -0.4 is 10.5 Å². The van der Waals surface area contributed by atoms with Gasteiger partial charge < -0.3 is 20.1 Å². The fourth-order valence-corrected chi connectivity index (χ4v) is 3.03. The van der Waals surface area contributed by atoms with Crippen LogP contribution in [0.4, 0.5) is 0 Å². The largest absolute Gasteiger partial charge is 0.497 e. The molecule has 1 aromatic carbocycles. The standard InChI is InChI=1S/C14H19BrN2O3/c1-19-6-5-17-13(18)8-12(16)14(17)10-7-9(20-2)3-4-11(10)15/h3-4,7,12,14H,5-6,8,16H2,1-2H3. The Morgan fingerprint density at radius 1 is 1.45 bits per heavy atom. The summed E-state index contributed by atoms with van der Waals surface area (Å²) in [5.41, 5.74) is 7.13. The number of amides is 1. The Morgan fingerprint density at radius 2 is 2.20 bits per heavy atom. The molecule has 2 unspecified atom stereocenters. The number of methoxy groups -OCH3 is 2. The normalized spacial score (nSPS) is 22.4. The SMILES string of the molecule is COCCN1C(=O)CC(N)C1c1cc(OC)ccc1Br. The van der Waals surface area contributed by atoms with Gasteiger partial charge in [0, 0.05) is 30.6 Å². The van der Waals surface area contributed by atoms with Gasteiger partial charge >= 0.3 is 0 Å². The molecular formula is C14H19BrN2O3. The molecule has 0 bridgehead atoms. The van der Waals surface area contributed by atoms with Crippen molar-refractivity contribution in [2.75, 3.05) is 27.4 Å². The zero-order valence-corrected chi connectivity index (χ0v) is 13.2. The lowest BCUT2D eigenvalue weighted by Crippen LogP contribution is -2.35. The van der Waals surface area contributed by atoms with Gasteiger partial charge in [-0.2, -0.15) is 0 Å². The maximum absolute atomic E-state index is 12.1. The van der Waals surface area contributed by atoms with Crippen molar-refractivity contribution in [2.45, 2.75) is 18.5 Å². The highest BCUT2D eigenvalue weighted by atomic mass is 79.9. The van der Waals surface area contributed by atoms with Crippen molar-refractivity contribution < 1.29 is 14.3 Å². The van der Waals surface area contributed by atoms with E-state index in [1.165, 1.54) is 0 Å². The topological polar surface area (TPSA) is 64.8 Å². The van der Waals surface area contributed by atoms with Crippen molar-refractivity contribution in [1.82, 2.24) is 4.90 Å². The minimum Gasteiger partial charge on any atom is -0.497 e. The van der Waals surface area contributed by atoms with Crippen molar-refractivity contribution in [3.8, 4) is 5.75 Å². The first-order chi connectivity index (χ1) is 9.58. The molecule has 1 aromatic rings. The maximum atomic E-state index is 12.1. The maximum Gasteiger partial charge on any atom is 0.224 e. The molecule has 6 heteroatoms. The van der Waals surface area contributed by atoms with Crippen LogP contribution in [0.25, 0.3) is 0 Å². The van der Waals surface area contributed by atoms with Crippen molar-refractivity contribution in [3.05, 3.63) is 28.2 Å². The number of hydrogen-bond acceptors (Lipinski definition) is 4. The molecule has 1 aliphatic rings. The number of benzene rings is 1.